The van der Waals surface area contributed by atoms with Crippen LogP contribution < -0.4 is 10.2 Å². The van der Waals surface area contributed by atoms with E-state index in [0.717, 1.165) is 18.7 Å². The second-order valence-corrected chi connectivity index (χ2v) is 5.20. The molecule has 1 aliphatic rings. The average Bonchev–Trinajstić information content (AvgIpc) is 2.93. The molecule has 1 amide bonds. The minimum atomic E-state index is -0.398. The van der Waals surface area contributed by atoms with Gasteiger partial charge >= 0.3 is 5.97 Å². The van der Waals surface area contributed by atoms with Crippen molar-refractivity contribution in [1.82, 2.24) is 0 Å². The van der Waals surface area contributed by atoms with Crippen molar-refractivity contribution < 1.29 is 19.2 Å². The maximum absolute atomic E-state index is 12.0. The smallest absolute Gasteiger partial charge is 0.337 e. The van der Waals surface area contributed by atoms with Crippen LogP contribution in [0.3, 0.4) is 0 Å². The highest BCUT2D eigenvalue weighted by atomic mass is 16.5. The molecule has 1 heterocycles. The number of likely N-dealkylation sites (tertiary alicyclic amines) is 1. The third-order valence-corrected chi connectivity index (χ3v) is 3.65. The van der Waals surface area contributed by atoms with Gasteiger partial charge in [-0.3, -0.25) is 4.79 Å². The summed E-state index contributed by atoms with van der Waals surface area (Å²) in [4.78, 5) is 24.8. The van der Waals surface area contributed by atoms with Gasteiger partial charge in [0.05, 0.1) is 25.8 Å². The quantitative estimate of drug-likeness (QED) is 0.783. The number of amides is 1. The number of carbonyl (C=O) groups is 2. The number of nitrogens with one attached hydrogen (secondary N) is 2. The standard InChI is InChI=1S/C15H20N2O3/c1-11-5-6-12(15(19)20-2)9-13(11)16-14(18)10-17-7-3-4-8-17/h5-6,9H,3-4,7-8,10H2,1-2H3,(H,16,18)/p+1. The Kier molecular flexibility index (Phi) is 4.74. The largest absolute Gasteiger partial charge is 0.465 e. The number of methoxy groups -OCH3 is 1. The van der Waals surface area contributed by atoms with Crippen LogP contribution in [0.5, 0.6) is 0 Å². The Morgan fingerprint density at radius 2 is 2.00 bits per heavy atom. The highest BCUT2D eigenvalue weighted by Crippen LogP contribution is 2.17. The van der Waals surface area contributed by atoms with Gasteiger partial charge in [0.15, 0.2) is 6.54 Å². The first-order valence-electron chi connectivity index (χ1n) is 6.92. The van der Waals surface area contributed by atoms with Gasteiger partial charge in [-0.05, 0) is 24.6 Å². The number of rotatable bonds is 4. The van der Waals surface area contributed by atoms with Crippen LogP contribution in [0.4, 0.5) is 5.69 Å². The first-order chi connectivity index (χ1) is 9.60. The van der Waals surface area contributed by atoms with Crippen molar-refractivity contribution in [3.8, 4) is 0 Å². The van der Waals surface area contributed by atoms with E-state index in [0.29, 0.717) is 17.8 Å². The molecular weight excluding hydrogens is 256 g/mol. The molecule has 0 unspecified atom stereocenters. The van der Waals surface area contributed by atoms with Gasteiger partial charge in [-0.1, -0.05) is 6.07 Å². The lowest BCUT2D eigenvalue weighted by Gasteiger charge is -2.13. The van der Waals surface area contributed by atoms with Gasteiger partial charge in [-0.2, -0.15) is 0 Å². The molecule has 1 aromatic rings. The first kappa shape index (κ1) is 14.5. The van der Waals surface area contributed by atoms with Gasteiger partial charge in [0, 0.05) is 18.5 Å². The van der Waals surface area contributed by atoms with Crippen LogP contribution in [0.1, 0.15) is 28.8 Å². The number of quaternary nitrogens is 1. The monoisotopic (exact) mass is 277 g/mol. The summed E-state index contributed by atoms with van der Waals surface area (Å²) in [6.07, 6.45) is 2.39. The highest BCUT2D eigenvalue weighted by molar-refractivity contribution is 5.95. The van der Waals surface area contributed by atoms with Gasteiger partial charge in [-0.25, -0.2) is 4.79 Å². The molecule has 1 aliphatic heterocycles. The fourth-order valence-corrected chi connectivity index (χ4v) is 2.47. The Morgan fingerprint density at radius 3 is 2.65 bits per heavy atom. The number of esters is 1. The molecule has 0 bridgehead atoms. The Balaban J connectivity index is 2.03. The molecule has 1 aromatic carbocycles. The summed E-state index contributed by atoms with van der Waals surface area (Å²) in [5, 5.41) is 2.89. The molecule has 20 heavy (non-hydrogen) atoms. The van der Waals surface area contributed by atoms with E-state index in [1.165, 1.54) is 24.9 Å². The average molecular weight is 277 g/mol. The maximum Gasteiger partial charge on any atom is 0.337 e. The van der Waals surface area contributed by atoms with Crippen molar-refractivity contribution in [2.24, 2.45) is 0 Å². The van der Waals surface area contributed by atoms with E-state index >= 15 is 0 Å². The zero-order valence-corrected chi connectivity index (χ0v) is 12.0. The Labute approximate surface area is 118 Å². The molecule has 0 atom stereocenters. The number of benzene rings is 1. The van der Waals surface area contributed by atoms with Crippen molar-refractivity contribution in [2.75, 3.05) is 32.1 Å². The van der Waals surface area contributed by atoms with Crippen LogP contribution in [0.2, 0.25) is 0 Å². The Bertz CT molecular complexity index is 508. The molecule has 0 aliphatic carbocycles. The number of hydrogen-bond donors (Lipinski definition) is 2. The van der Waals surface area contributed by atoms with Crippen LogP contribution in [0, 0.1) is 6.92 Å². The molecule has 0 aromatic heterocycles. The lowest BCUT2D eigenvalue weighted by Crippen LogP contribution is -3.11. The van der Waals surface area contributed by atoms with E-state index in [1.807, 2.05) is 13.0 Å². The fraction of sp³-hybridized carbons (Fsp3) is 0.467. The number of ether oxygens (including phenoxy) is 1. The molecule has 2 rings (SSSR count). The van der Waals surface area contributed by atoms with E-state index < -0.39 is 5.97 Å². The van der Waals surface area contributed by atoms with Gasteiger partial charge in [-0.15, -0.1) is 0 Å². The minimum absolute atomic E-state index is 0.00739. The molecular formula is C15H21N2O3+. The summed E-state index contributed by atoms with van der Waals surface area (Å²) >= 11 is 0. The lowest BCUT2D eigenvalue weighted by atomic mass is 10.1. The zero-order chi connectivity index (χ0) is 14.5. The Hall–Kier alpha value is -1.88. The topological polar surface area (TPSA) is 59.8 Å². The molecule has 0 spiro atoms. The van der Waals surface area contributed by atoms with Crippen LogP contribution >= 0.6 is 0 Å². The number of aryl methyl sites for hydroxylation is 1. The van der Waals surface area contributed by atoms with Gasteiger partial charge < -0.3 is 15.0 Å². The summed E-state index contributed by atoms with van der Waals surface area (Å²) in [7, 11) is 1.34. The normalized spacial score (nSPS) is 15.1. The second-order valence-electron chi connectivity index (χ2n) is 5.20. The predicted molar refractivity (Wildman–Crippen MR) is 75.9 cm³/mol. The SMILES string of the molecule is COC(=O)c1ccc(C)c(NC(=O)C[NH+]2CCCC2)c1. The van der Waals surface area contributed by atoms with Crippen molar-refractivity contribution in [3.05, 3.63) is 29.3 Å². The van der Waals surface area contributed by atoms with E-state index in [2.05, 4.69) is 10.1 Å². The van der Waals surface area contributed by atoms with Crippen LogP contribution in [0.15, 0.2) is 18.2 Å². The summed E-state index contributed by atoms with van der Waals surface area (Å²) in [5.41, 5.74) is 2.06. The van der Waals surface area contributed by atoms with Crippen molar-refractivity contribution in [2.45, 2.75) is 19.8 Å². The molecule has 0 saturated carbocycles. The fourth-order valence-electron chi connectivity index (χ4n) is 2.47. The van der Waals surface area contributed by atoms with Crippen LogP contribution in [-0.2, 0) is 9.53 Å². The van der Waals surface area contributed by atoms with Crippen molar-refractivity contribution in [3.63, 3.8) is 0 Å². The maximum atomic E-state index is 12.0. The summed E-state index contributed by atoms with van der Waals surface area (Å²) < 4.78 is 4.69. The van der Waals surface area contributed by atoms with E-state index in [9.17, 15) is 9.59 Å². The van der Waals surface area contributed by atoms with Gasteiger partial charge in [0.1, 0.15) is 0 Å². The van der Waals surface area contributed by atoms with Crippen molar-refractivity contribution in [1.29, 1.82) is 0 Å². The molecule has 108 valence electrons. The van der Waals surface area contributed by atoms with E-state index in [-0.39, 0.29) is 5.91 Å². The zero-order valence-electron chi connectivity index (χ0n) is 12.0. The lowest BCUT2D eigenvalue weighted by molar-refractivity contribution is -0.878. The summed E-state index contributed by atoms with van der Waals surface area (Å²) in [6.45, 7) is 4.52. The second kappa shape index (κ2) is 6.52. The van der Waals surface area contributed by atoms with Crippen LogP contribution in [-0.4, -0.2) is 38.6 Å². The van der Waals surface area contributed by atoms with Crippen molar-refractivity contribution >= 4 is 17.6 Å². The third kappa shape index (κ3) is 3.57. The Morgan fingerprint density at radius 1 is 1.30 bits per heavy atom. The van der Waals surface area contributed by atoms with E-state index in [1.54, 1.807) is 12.1 Å². The number of carbonyl (C=O) groups excluding carboxylic acids is 2. The van der Waals surface area contributed by atoms with E-state index in [4.69, 9.17) is 0 Å². The van der Waals surface area contributed by atoms with Gasteiger partial charge in [0.2, 0.25) is 0 Å². The molecule has 0 radical (unpaired) electrons. The molecule has 5 nitrogen and oxygen atoms in total. The predicted octanol–water partition coefficient (Wildman–Crippen LogP) is 0.399. The third-order valence-electron chi connectivity index (χ3n) is 3.65. The van der Waals surface area contributed by atoms with Crippen LogP contribution in [0.25, 0.3) is 0 Å². The summed E-state index contributed by atoms with van der Waals surface area (Å²) in [6, 6.07) is 5.17. The number of hydrogen-bond acceptors (Lipinski definition) is 3. The molecule has 1 fully saturated rings. The molecule has 5 heteroatoms. The molecule has 2 N–H and O–H groups in total. The highest BCUT2D eigenvalue weighted by Gasteiger charge is 2.19. The van der Waals surface area contributed by atoms with Gasteiger partial charge in [0.25, 0.3) is 5.91 Å². The first-order valence-corrected chi connectivity index (χ1v) is 6.92. The minimum Gasteiger partial charge on any atom is -0.465 e. The summed E-state index contributed by atoms with van der Waals surface area (Å²) in [5.74, 6) is -0.405. The number of anilines is 1. The molecule has 1 saturated heterocycles.